The average Bonchev–Trinajstić information content (AvgIpc) is 2.53. The van der Waals surface area contributed by atoms with E-state index in [1.54, 1.807) is 0 Å². The summed E-state index contributed by atoms with van der Waals surface area (Å²) in [6, 6.07) is 0. The second-order valence-corrected chi connectivity index (χ2v) is 2.78. The first kappa shape index (κ1) is 11.2. The molecule has 12 heavy (non-hydrogen) atoms. The molecule has 1 rings (SSSR count). The highest BCUT2D eigenvalue weighted by molar-refractivity contribution is 4.64. The van der Waals surface area contributed by atoms with Gasteiger partial charge in [0.25, 0.3) is 0 Å². The van der Waals surface area contributed by atoms with Crippen LogP contribution < -0.4 is 4.57 Å². The first-order valence-corrected chi connectivity index (χ1v) is 4.83. The fourth-order valence-electron chi connectivity index (χ4n) is 0.813. The van der Waals surface area contributed by atoms with E-state index in [2.05, 4.69) is 55.6 Å². The van der Waals surface area contributed by atoms with E-state index in [4.69, 9.17) is 0 Å². The predicted octanol–water partition coefficient (Wildman–Crippen LogP) is 2.23. The third-order valence-corrected chi connectivity index (χ3v) is 1.48. The molecule has 0 bridgehead atoms. The molecule has 0 aromatic carbocycles. The van der Waals surface area contributed by atoms with Crippen molar-refractivity contribution >= 4 is 0 Å². The monoisotopic (exact) mass is 169 g/mol. The number of aryl methyl sites for hydroxylation is 2. The lowest BCUT2D eigenvalue weighted by atomic mass is 10.6. The van der Waals surface area contributed by atoms with E-state index in [1.807, 2.05) is 0 Å². The zero-order valence-electron chi connectivity index (χ0n) is 8.75. The van der Waals surface area contributed by atoms with Gasteiger partial charge in [-0.05, 0) is 13.8 Å². The van der Waals surface area contributed by atoms with Gasteiger partial charge in [0, 0.05) is 0 Å². The van der Waals surface area contributed by atoms with Crippen molar-refractivity contribution in [2.75, 3.05) is 0 Å². The molecule has 0 saturated heterocycles. The zero-order chi connectivity index (χ0) is 9.40. The number of rotatable bonds is 2. The van der Waals surface area contributed by atoms with Gasteiger partial charge in [0.2, 0.25) is 6.33 Å². The summed E-state index contributed by atoms with van der Waals surface area (Å²) in [5, 5.41) is 0. The minimum absolute atomic E-state index is 1.06. The standard InChI is InChI=1S/C7H13N2.C3H8/c1-3-8-5-6-9(4-2)7-8;1-3-2/h5-7H,3-4H2,1-2H3;3H2,1-2H3/q+1;. The lowest BCUT2D eigenvalue weighted by molar-refractivity contribution is -0.693. The van der Waals surface area contributed by atoms with Crippen LogP contribution in [-0.2, 0) is 13.1 Å². The zero-order valence-corrected chi connectivity index (χ0v) is 8.75. The van der Waals surface area contributed by atoms with E-state index in [9.17, 15) is 0 Å². The molecule has 0 unspecified atom stereocenters. The highest BCUT2D eigenvalue weighted by Gasteiger charge is 1.95. The lowest BCUT2D eigenvalue weighted by Gasteiger charge is -1.84. The van der Waals surface area contributed by atoms with Gasteiger partial charge < -0.3 is 0 Å². The molecule has 0 saturated carbocycles. The van der Waals surface area contributed by atoms with Crippen LogP contribution in [0.2, 0.25) is 0 Å². The largest absolute Gasteiger partial charge is 0.243 e. The minimum atomic E-state index is 1.06. The van der Waals surface area contributed by atoms with Crippen molar-refractivity contribution in [2.24, 2.45) is 0 Å². The summed E-state index contributed by atoms with van der Waals surface area (Å²) in [4.78, 5) is 0. The van der Waals surface area contributed by atoms with Crippen LogP contribution in [-0.4, -0.2) is 4.57 Å². The molecule has 0 atom stereocenters. The van der Waals surface area contributed by atoms with Crippen LogP contribution in [0, 0.1) is 0 Å². The summed E-state index contributed by atoms with van der Waals surface area (Å²) < 4.78 is 4.31. The number of imidazole rings is 1. The summed E-state index contributed by atoms with van der Waals surface area (Å²) in [5.74, 6) is 0. The second-order valence-electron chi connectivity index (χ2n) is 2.78. The maximum absolute atomic E-state index is 2.16. The summed E-state index contributed by atoms with van der Waals surface area (Å²) in [5.41, 5.74) is 0. The fraction of sp³-hybridized carbons (Fsp3) is 0.700. The Hall–Kier alpha value is -0.790. The van der Waals surface area contributed by atoms with Gasteiger partial charge in [-0.2, -0.15) is 0 Å². The molecular weight excluding hydrogens is 148 g/mol. The molecule has 0 amide bonds. The molecule has 0 aliphatic rings. The number of hydrogen-bond donors (Lipinski definition) is 0. The molecule has 0 radical (unpaired) electrons. The number of nitrogens with zero attached hydrogens (tertiary/aromatic N) is 2. The van der Waals surface area contributed by atoms with Gasteiger partial charge in [-0.3, -0.25) is 0 Å². The average molecular weight is 169 g/mol. The number of aromatic nitrogens is 2. The molecule has 0 aliphatic heterocycles. The van der Waals surface area contributed by atoms with Crippen molar-refractivity contribution in [1.82, 2.24) is 4.57 Å². The van der Waals surface area contributed by atoms with Crippen LogP contribution in [0.5, 0.6) is 0 Å². The SMILES string of the molecule is CCC.CCn1cc[n+](CC)c1. The maximum Gasteiger partial charge on any atom is 0.243 e. The molecule has 1 heterocycles. The van der Waals surface area contributed by atoms with Gasteiger partial charge in [-0.15, -0.1) is 0 Å². The van der Waals surface area contributed by atoms with Gasteiger partial charge in [0.1, 0.15) is 12.4 Å². The molecule has 1 aromatic heterocycles. The fourth-order valence-corrected chi connectivity index (χ4v) is 0.813. The van der Waals surface area contributed by atoms with E-state index < -0.39 is 0 Å². The second kappa shape index (κ2) is 6.89. The Morgan fingerprint density at radius 3 is 2.00 bits per heavy atom. The summed E-state index contributed by atoms with van der Waals surface area (Å²) in [7, 11) is 0. The highest BCUT2D eigenvalue weighted by Crippen LogP contribution is 1.81. The Morgan fingerprint density at radius 1 is 1.17 bits per heavy atom. The molecule has 70 valence electrons. The van der Waals surface area contributed by atoms with E-state index in [-0.39, 0.29) is 0 Å². The predicted molar refractivity (Wildman–Crippen MR) is 51.9 cm³/mol. The lowest BCUT2D eigenvalue weighted by Crippen LogP contribution is -2.28. The van der Waals surface area contributed by atoms with Gasteiger partial charge >= 0.3 is 0 Å². The van der Waals surface area contributed by atoms with Gasteiger partial charge in [0.15, 0.2) is 0 Å². The summed E-state index contributed by atoms with van der Waals surface area (Å²) in [6.07, 6.45) is 7.53. The Bertz CT molecular complexity index is 173. The van der Waals surface area contributed by atoms with Crippen LogP contribution in [0.4, 0.5) is 0 Å². The van der Waals surface area contributed by atoms with Crippen LogP contribution in [0.1, 0.15) is 34.1 Å². The Balaban J connectivity index is 0.000000354. The molecule has 2 heteroatoms. The van der Waals surface area contributed by atoms with Crippen molar-refractivity contribution < 1.29 is 4.57 Å². The normalized spacial score (nSPS) is 9.00. The highest BCUT2D eigenvalue weighted by atomic mass is 15.1. The van der Waals surface area contributed by atoms with Crippen molar-refractivity contribution in [2.45, 2.75) is 47.2 Å². The van der Waals surface area contributed by atoms with Crippen LogP contribution in [0.3, 0.4) is 0 Å². The van der Waals surface area contributed by atoms with Gasteiger partial charge in [0.05, 0.1) is 13.1 Å². The molecule has 1 aromatic rings. The molecule has 0 N–H and O–H groups in total. The van der Waals surface area contributed by atoms with Gasteiger partial charge in [-0.25, -0.2) is 9.13 Å². The Morgan fingerprint density at radius 2 is 1.75 bits per heavy atom. The van der Waals surface area contributed by atoms with E-state index in [0.29, 0.717) is 0 Å². The summed E-state index contributed by atoms with van der Waals surface area (Å²) in [6.45, 7) is 10.7. The number of hydrogen-bond acceptors (Lipinski definition) is 0. The smallest absolute Gasteiger partial charge is 0.237 e. The first-order chi connectivity index (χ1) is 5.78. The molecular formula is C10H21N2+. The Labute approximate surface area is 75.8 Å². The van der Waals surface area contributed by atoms with Crippen molar-refractivity contribution in [3.05, 3.63) is 18.7 Å². The van der Waals surface area contributed by atoms with Crippen molar-refractivity contribution in [1.29, 1.82) is 0 Å². The third-order valence-electron chi connectivity index (χ3n) is 1.48. The van der Waals surface area contributed by atoms with E-state index in [1.165, 1.54) is 6.42 Å². The van der Waals surface area contributed by atoms with Gasteiger partial charge in [-0.1, -0.05) is 20.3 Å². The first-order valence-electron chi connectivity index (χ1n) is 4.83. The molecule has 2 nitrogen and oxygen atoms in total. The van der Waals surface area contributed by atoms with Crippen molar-refractivity contribution in [3.63, 3.8) is 0 Å². The maximum atomic E-state index is 2.16. The van der Waals surface area contributed by atoms with Crippen LogP contribution in [0.25, 0.3) is 0 Å². The summed E-state index contributed by atoms with van der Waals surface area (Å²) >= 11 is 0. The van der Waals surface area contributed by atoms with E-state index >= 15 is 0 Å². The third kappa shape index (κ3) is 4.16. The Kier molecular flexibility index (Phi) is 6.44. The quantitative estimate of drug-likeness (QED) is 0.600. The molecule has 0 fully saturated rings. The van der Waals surface area contributed by atoms with E-state index in [0.717, 1.165) is 13.1 Å². The minimum Gasteiger partial charge on any atom is -0.237 e. The van der Waals surface area contributed by atoms with Crippen LogP contribution in [0.15, 0.2) is 18.7 Å². The molecule has 0 spiro atoms. The van der Waals surface area contributed by atoms with Crippen molar-refractivity contribution in [3.8, 4) is 0 Å². The molecule has 0 aliphatic carbocycles. The topological polar surface area (TPSA) is 8.81 Å². The van der Waals surface area contributed by atoms with Crippen LogP contribution >= 0.6 is 0 Å².